The lowest BCUT2D eigenvalue weighted by Gasteiger charge is -2.45. The summed E-state index contributed by atoms with van der Waals surface area (Å²) in [7, 11) is 0. The molecule has 9 heteroatoms. The summed E-state index contributed by atoms with van der Waals surface area (Å²) in [5.74, 6) is -0.300. The normalized spacial score (nSPS) is 29.8. The van der Waals surface area contributed by atoms with Gasteiger partial charge in [-0.25, -0.2) is 13.8 Å². The van der Waals surface area contributed by atoms with Crippen LogP contribution in [0, 0.1) is 17.6 Å². The number of nitrogens with zero attached hydrogens (tertiary/aromatic N) is 3. The van der Waals surface area contributed by atoms with E-state index in [0.29, 0.717) is 28.8 Å². The molecule has 3 unspecified atom stereocenters. The Hall–Kier alpha value is -2.00. The third-order valence-corrected chi connectivity index (χ3v) is 5.43. The van der Waals surface area contributed by atoms with Crippen molar-refractivity contribution in [2.24, 2.45) is 16.6 Å². The first-order valence-electron chi connectivity index (χ1n) is 7.40. The Morgan fingerprint density at radius 3 is 2.96 bits per heavy atom. The van der Waals surface area contributed by atoms with Gasteiger partial charge in [0.15, 0.2) is 5.17 Å². The Morgan fingerprint density at radius 1 is 1.33 bits per heavy atom. The highest BCUT2D eigenvalue weighted by Gasteiger charge is 2.50. The van der Waals surface area contributed by atoms with Gasteiger partial charge in [0.05, 0.1) is 6.61 Å². The predicted octanol–water partition coefficient (Wildman–Crippen LogP) is 2.38. The minimum Gasteiger partial charge on any atom is -0.425 e. The van der Waals surface area contributed by atoms with Gasteiger partial charge in [0, 0.05) is 23.3 Å². The first-order chi connectivity index (χ1) is 11.6. The maximum absolute atomic E-state index is 14.4. The molecule has 1 fully saturated rings. The number of hydrogen-bond donors (Lipinski definition) is 1. The zero-order chi connectivity index (χ0) is 16.7. The van der Waals surface area contributed by atoms with E-state index in [9.17, 15) is 8.78 Å². The molecule has 1 saturated heterocycles. The SMILES string of the molecule is NC1=NC2(c3ccc(F)cc3F)COC(c3nnco3)CC2CS1. The van der Waals surface area contributed by atoms with Crippen molar-refractivity contribution >= 4 is 16.9 Å². The Bertz CT molecular complexity index is 786. The average Bonchev–Trinajstić information content (AvgIpc) is 3.08. The number of aromatic nitrogens is 2. The number of nitrogens with two attached hydrogens (primary N) is 1. The fourth-order valence-corrected chi connectivity index (χ4v) is 4.31. The fraction of sp³-hybridized carbons (Fsp3) is 0.400. The summed E-state index contributed by atoms with van der Waals surface area (Å²) in [4.78, 5) is 4.52. The summed E-state index contributed by atoms with van der Waals surface area (Å²) < 4.78 is 38.8. The van der Waals surface area contributed by atoms with E-state index in [-0.39, 0.29) is 18.6 Å². The molecule has 4 rings (SSSR count). The smallest absolute Gasteiger partial charge is 0.244 e. The number of thioether (sulfide) groups is 1. The molecule has 1 aromatic carbocycles. The Balaban J connectivity index is 1.74. The summed E-state index contributed by atoms with van der Waals surface area (Å²) in [5, 5.41) is 7.92. The predicted molar refractivity (Wildman–Crippen MR) is 83.2 cm³/mol. The van der Waals surface area contributed by atoms with Crippen LogP contribution < -0.4 is 5.73 Å². The molecular formula is C15H14F2N4O2S. The second kappa shape index (κ2) is 5.82. The Labute approximate surface area is 140 Å². The van der Waals surface area contributed by atoms with Crippen LogP contribution in [0.4, 0.5) is 8.78 Å². The summed E-state index contributed by atoms with van der Waals surface area (Å²) in [6.07, 6.45) is 1.40. The van der Waals surface area contributed by atoms with E-state index >= 15 is 0 Å². The molecule has 0 saturated carbocycles. The number of fused-ring (bicyclic) bond motifs is 1. The van der Waals surface area contributed by atoms with Gasteiger partial charge in [-0.3, -0.25) is 0 Å². The van der Waals surface area contributed by atoms with Crippen LogP contribution in [0.1, 0.15) is 24.0 Å². The monoisotopic (exact) mass is 352 g/mol. The van der Waals surface area contributed by atoms with Crippen LogP contribution >= 0.6 is 11.8 Å². The van der Waals surface area contributed by atoms with Crippen molar-refractivity contribution in [1.82, 2.24) is 10.2 Å². The molecule has 1 aromatic heterocycles. The lowest BCUT2D eigenvalue weighted by molar-refractivity contribution is -0.0698. The molecule has 0 amide bonds. The molecule has 2 aliphatic heterocycles. The third-order valence-electron chi connectivity index (χ3n) is 4.47. The van der Waals surface area contributed by atoms with Crippen LogP contribution in [0.2, 0.25) is 0 Å². The third kappa shape index (κ3) is 2.48. The minimum absolute atomic E-state index is 0.0552. The van der Waals surface area contributed by atoms with Crippen LogP contribution in [0.25, 0.3) is 0 Å². The van der Waals surface area contributed by atoms with Gasteiger partial charge in [-0.15, -0.1) is 10.2 Å². The highest BCUT2D eigenvalue weighted by Crippen LogP contribution is 2.49. The van der Waals surface area contributed by atoms with Crippen LogP contribution in [0.5, 0.6) is 0 Å². The summed E-state index contributed by atoms with van der Waals surface area (Å²) >= 11 is 1.41. The minimum atomic E-state index is -0.969. The standard InChI is InChI=1S/C15H14F2N4O2S/c16-9-1-2-10(11(17)4-9)15-6-22-12(13-21-19-7-23-13)3-8(15)5-24-14(18)20-15/h1-2,4,7-8,12H,3,5-6H2,(H2,18,20). The van der Waals surface area contributed by atoms with Crippen LogP contribution in [-0.2, 0) is 10.3 Å². The maximum Gasteiger partial charge on any atom is 0.244 e. The zero-order valence-corrected chi connectivity index (χ0v) is 13.3. The van der Waals surface area contributed by atoms with E-state index in [1.54, 1.807) is 0 Å². The van der Waals surface area contributed by atoms with Gasteiger partial charge < -0.3 is 14.9 Å². The molecule has 2 aromatic rings. The van der Waals surface area contributed by atoms with Gasteiger partial charge in [0.1, 0.15) is 23.3 Å². The van der Waals surface area contributed by atoms with E-state index in [2.05, 4.69) is 15.2 Å². The molecule has 6 nitrogen and oxygen atoms in total. The molecule has 0 aliphatic carbocycles. The summed E-state index contributed by atoms with van der Waals surface area (Å²) in [6, 6.07) is 3.50. The first-order valence-corrected chi connectivity index (χ1v) is 8.38. The molecule has 0 spiro atoms. The Morgan fingerprint density at radius 2 is 2.21 bits per heavy atom. The van der Waals surface area contributed by atoms with Gasteiger partial charge in [-0.05, 0) is 12.5 Å². The summed E-state index contributed by atoms with van der Waals surface area (Å²) in [5.41, 5.74) is 5.22. The first kappa shape index (κ1) is 15.5. The number of rotatable bonds is 2. The molecule has 3 heterocycles. The second-order valence-electron chi connectivity index (χ2n) is 5.82. The van der Waals surface area contributed by atoms with E-state index in [4.69, 9.17) is 14.9 Å². The zero-order valence-electron chi connectivity index (χ0n) is 12.5. The van der Waals surface area contributed by atoms with Crippen molar-refractivity contribution in [3.63, 3.8) is 0 Å². The maximum atomic E-state index is 14.4. The van der Waals surface area contributed by atoms with Gasteiger partial charge in [0.2, 0.25) is 12.3 Å². The lowest BCUT2D eigenvalue weighted by atomic mass is 9.75. The molecule has 3 atom stereocenters. The Kier molecular flexibility index (Phi) is 3.76. The molecule has 2 N–H and O–H groups in total. The fourth-order valence-electron chi connectivity index (χ4n) is 3.30. The van der Waals surface area contributed by atoms with Gasteiger partial charge in [0.25, 0.3) is 0 Å². The van der Waals surface area contributed by atoms with E-state index < -0.39 is 17.2 Å². The largest absolute Gasteiger partial charge is 0.425 e. The topological polar surface area (TPSA) is 86.5 Å². The van der Waals surface area contributed by atoms with E-state index in [0.717, 1.165) is 6.07 Å². The van der Waals surface area contributed by atoms with E-state index in [1.165, 1.54) is 30.3 Å². The van der Waals surface area contributed by atoms with Crippen molar-refractivity contribution in [3.8, 4) is 0 Å². The van der Waals surface area contributed by atoms with Crippen molar-refractivity contribution in [2.75, 3.05) is 12.4 Å². The number of halogens is 2. The molecule has 0 radical (unpaired) electrons. The van der Waals surface area contributed by atoms with Crippen LogP contribution in [0.15, 0.2) is 34.0 Å². The lowest BCUT2D eigenvalue weighted by Crippen LogP contribution is -2.48. The molecule has 0 bridgehead atoms. The molecular weight excluding hydrogens is 338 g/mol. The van der Waals surface area contributed by atoms with Crippen molar-refractivity contribution in [2.45, 2.75) is 18.1 Å². The average molecular weight is 352 g/mol. The van der Waals surface area contributed by atoms with Gasteiger partial charge in [-0.1, -0.05) is 17.8 Å². The van der Waals surface area contributed by atoms with Crippen LogP contribution in [0.3, 0.4) is 0 Å². The number of amidine groups is 1. The number of benzene rings is 1. The van der Waals surface area contributed by atoms with Crippen molar-refractivity contribution in [1.29, 1.82) is 0 Å². The molecule has 24 heavy (non-hydrogen) atoms. The van der Waals surface area contributed by atoms with E-state index in [1.807, 2.05) is 0 Å². The van der Waals surface area contributed by atoms with Crippen molar-refractivity contribution in [3.05, 3.63) is 47.7 Å². The number of ether oxygens (including phenoxy) is 1. The van der Waals surface area contributed by atoms with Gasteiger partial charge in [-0.2, -0.15) is 0 Å². The number of aliphatic imine (C=N–C) groups is 1. The highest BCUT2D eigenvalue weighted by molar-refractivity contribution is 8.13. The quantitative estimate of drug-likeness (QED) is 0.893. The van der Waals surface area contributed by atoms with Crippen LogP contribution in [-0.4, -0.2) is 27.7 Å². The second-order valence-corrected chi connectivity index (χ2v) is 6.86. The molecule has 2 aliphatic rings. The molecule has 126 valence electrons. The summed E-state index contributed by atoms with van der Waals surface area (Å²) in [6.45, 7) is 0.106. The van der Waals surface area contributed by atoms with Gasteiger partial charge >= 0.3 is 0 Å². The number of hydrogen-bond acceptors (Lipinski definition) is 7. The highest BCUT2D eigenvalue weighted by atomic mass is 32.2. The van der Waals surface area contributed by atoms with Crippen molar-refractivity contribution < 1.29 is 17.9 Å².